The van der Waals surface area contributed by atoms with Crippen LogP contribution in [0.15, 0.2) is 53.2 Å². The second-order valence-corrected chi connectivity index (χ2v) is 5.86. The highest BCUT2D eigenvalue weighted by molar-refractivity contribution is 6.14. The van der Waals surface area contributed by atoms with Crippen LogP contribution in [0.25, 0.3) is 6.08 Å². The van der Waals surface area contributed by atoms with Crippen molar-refractivity contribution in [3.05, 3.63) is 70.7 Å². The van der Waals surface area contributed by atoms with Crippen molar-refractivity contribution in [1.82, 2.24) is 5.32 Å². The quantitative estimate of drug-likeness (QED) is 0.846. The average Bonchev–Trinajstić information content (AvgIpc) is 2.94. The Kier molecular flexibility index (Phi) is 4.93. The topological polar surface area (TPSA) is 50.7 Å². The monoisotopic (exact) mass is 338 g/mol. The van der Waals surface area contributed by atoms with Crippen LogP contribution in [0, 0.1) is 12.7 Å². The van der Waals surface area contributed by atoms with Crippen LogP contribution < -0.4 is 10.1 Å². The first kappa shape index (κ1) is 16.9. The first-order chi connectivity index (χ1) is 12.1. The third-order valence-electron chi connectivity index (χ3n) is 4.12. The van der Waals surface area contributed by atoms with Crippen molar-refractivity contribution in [2.75, 3.05) is 7.11 Å². The molecule has 4 nitrogen and oxygen atoms in total. The van der Waals surface area contributed by atoms with Crippen LogP contribution >= 0.6 is 0 Å². The summed E-state index contributed by atoms with van der Waals surface area (Å²) in [4.78, 5) is 16.4. The highest BCUT2D eigenvalue weighted by atomic mass is 19.1. The molecular weight excluding hydrogens is 319 g/mol. The maximum Gasteiger partial charge on any atom is 0.275 e. The van der Waals surface area contributed by atoms with E-state index in [0.717, 1.165) is 6.42 Å². The van der Waals surface area contributed by atoms with Crippen molar-refractivity contribution in [3.8, 4) is 5.75 Å². The number of amides is 1. The lowest BCUT2D eigenvalue weighted by Crippen LogP contribution is -2.24. The van der Waals surface area contributed by atoms with E-state index in [-0.39, 0.29) is 17.4 Å². The molecule has 1 heterocycles. The number of nitrogens with zero attached hydrogens (tertiary/aromatic N) is 1. The lowest BCUT2D eigenvalue weighted by Gasteiger charge is -2.04. The molecule has 0 bridgehead atoms. The Hall–Kier alpha value is -2.95. The van der Waals surface area contributed by atoms with Gasteiger partial charge < -0.3 is 10.1 Å². The first-order valence-electron chi connectivity index (χ1n) is 8.05. The van der Waals surface area contributed by atoms with E-state index in [2.05, 4.69) is 29.4 Å². The predicted molar refractivity (Wildman–Crippen MR) is 96.0 cm³/mol. The number of ether oxygens (including phenoxy) is 1. The van der Waals surface area contributed by atoms with Gasteiger partial charge in [-0.3, -0.25) is 4.79 Å². The zero-order valence-corrected chi connectivity index (χ0v) is 14.2. The van der Waals surface area contributed by atoms with Crippen LogP contribution in [-0.4, -0.2) is 18.9 Å². The fourth-order valence-electron chi connectivity index (χ4n) is 2.71. The summed E-state index contributed by atoms with van der Waals surface area (Å²) in [7, 11) is 1.41. The van der Waals surface area contributed by atoms with E-state index >= 15 is 0 Å². The highest BCUT2D eigenvalue weighted by Gasteiger charge is 2.20. The molecule has 128 valence electrons. The van der Waals surface area contributed by atoms with Gasteiger partial charge in [0.05, 0.1) is 7.11 Å². The van der Waals surface area contributed by atoms with Crippen molar-refractivity contribution in [1.29, 1.82) is 0 Å². The summed E-state index contributed by atoms with van der Waals surface area (Å²) in [6, 6.07) is 12.7. The molecule has 1 amide bonds. The average molecular weight is 338 g/mol. The minimum atomic E-state index is -0.473. The molecule has 0 saturated carbocycles. The van der Waals surface area contributed by atoms with Crippen molar-refractivity contribution < 1.29 is 13.9 Å². The number of amidine groups is 1. The number of rotatable bonds is 5. The summed E-state index contributed by atoms with van der Waals surface area (Å²) in [5.41, 5.74) is 3.29. The normalized spacial score (nSPS) is 15.2. The van der Waals surface area contributed by atoms with E-state index in [1.54, 1.807) is 12.1 Å². The minimum Gasteiger partial charge on any atom is -0.494 e. The summed E-state index contributed by atoms with van der Waals surface area (Å²) in [5, 5.41) is 2.78. The SMILES string of the molecule is COc1ccc(/C=C2/N=C(CCc3ccccc3C)NC2=O)cc1F. The molecule has 0 fully saturated rings. The van der Waals surface area contributed by atoms with Crippen LogP contribution in [0.2, 0.25) is 0 Å². The van der Waals surface area contributed by atoms with Gasteiger partial charge in [-0.1, -0.05) is 30.3 Å². The van der Waals surface area contributed by atoms with Gasteiger partial charge in [0, 0.05) is 6.42 Å². The molecule has 0 aliphatic carbocycles. The van der Waals surface area contributed by atoms with Gasteiger partial charge in [0.25, 0.3) is 5.91 Å². The number of carbonyl (C=O) groups is 1. The molecule has 25 heavy (non-hydrogen) atoms. The van der Waals surface area contributed by atoms with Gasteiger partial charge >= 0.3 is 0 Å². The maximum atomic E-state index is 13.8. The summed E-state index contributed by atoms with van der Waals surface area (Å²) in [6.45, 7) is 2.06. The zero-order valence-electron chi connectivity index (χ0n) is 14.2. The number of aryl methyl sites for hydroxylation is 2. The van der Waals surface area contributed by atoms with Crippen LogP contribution in [0.3, 0.4) is 0 Å². The highest BCUT2D eigenvalue weighted by Crippen LogP contribution is 2.21. The third kappa shape index (κ3) is 3.94. The zero-order chi connectivity index (χ0) is 17.8. The fourth-order valence-corrected chi connectivity index (χ4v) is 2.71. The second-order valence-electron chi connectivity index (χ2n) is 5.86. The van der Waals surface area contributed by atoms with E-state index in [1.807, 2.05) is 12.1 Å². The van der Waals surface area contributed by atoms with Gasteiger partial charge in [-0.15, -0.1) is 0 Å². The molecule has 3 rings (SSSR count). The number of halogens is 1. The van der Waals surface area contributed by atoms with Gasteiger partial charge in [-0.05, 0) is 48.2 Å². The molecule has 1 N–H and O–H groups in total. The van der Waals surface area contributed by atoms with Crippen LogP contribution in [0.4, 0.5) is 4.39 Å². The molecular formula is C20H19FN2O2. The summed E-state index contributed by atoms with van der Waals surface area (Å²) in [5.74, 6) is 0.0592. The first-order valence-corrected chi connectivity index (χ1v) is 8.05. The largest absolute Gasteiger partial charge is 0.494 e. The van der Waals surface area contributed by atoms with E-state index < -0.39 is 5.82 Å². The molecule has 1 aliphatic rings. The van der Waals surface area contributed by atoms with Crippen LogP contribution in [0.1, 0.15) is 23.1 Å². The van der Waals surface area contributed by atoms with Crippen molar-refractivity contribution in [3.63, 3.8) is 0 Å². The molecule has 0 aromatic heterocycles. The lowest BCUT2D eigenvalue weighted by atomic mass is 10.0. The number of hydrogen-bond acceptors (Lipinski definition) is 3. The second kappa shape index (κ2) is 7.30. The van der Waals surface area contributed by atoms with Gasteiger partial charge in [-0.25, -0.2) is 9.38 Å². The Labute approximate surface area is 146 Å². The number of benzene rings is 2. The molecule has 0 spiro atoms. The van der Waals surface area contributed by atoms with Gasteiger partial charge in [-0.2, -0.15) is 0 Å². The molecule has 0 radical (unpaired) electrons. The van der Waals surface area contributed by atoms with Crippen LogP contribution in [0.5, 0.6) is 5.75 Å². The number of hydrogen-bond donors (Lipinski definition) is 1. The summed E-state index contributed by atoms with van der Waals surface area (Å²) < 4.78 is 18.6. The Morgan fingerprint density at radius 2 is 2.00 bits per heavy atom. The Bertz CT molecular complexity index is 872. The molecule has 0 unspecified atom stereocenters. The third-order valence-corrected chi connectivity index (χ3v) is 4.12. The smallest absolute Gasteiger partial charge is 0.275 e. The van der Waals surface area contributed by atoms with E-state index in [0.29, 0.717) is 17.8 Å². The standard InChI is InChI=1S/C20H19FN2O2/c1-13-5-3-4-6-15(13)8-10-19-22-17(20(24)23-19)12-14-7-9-18(25-2)16(21)11-14/h3-7,9,11-12H,8,10H2,1-2H3,(H,22,23,24)/b17-12+. The number of carbonyl (C=O) groups excluding carboxylic acids is 1. The van der Waals surface area contributed by atoms with Gasteiger partial charge in [0.15, 0.2) is 11.6 Å². The van der Waals surface area contributed by atoms with E-state index in [1.165, 1.54) is 30.4 Å². The molecule has 0 saturated heterocycles. The lowest BCUT2D eigenvalue weighted by molar-refractivity contribution is -0.115. The molecule has 2 aromatic rings. The van der Waals surface area contributed by atoms with Gasteiger partial charge in [0.2, 0.25) is 0 Å². The van der Waals surface area contributed by atoms with E-state index in [4.69, 9.17) is 4.74 Å². The number of aliphatic imine (C=N–C) groups is 1. The molecule has 1 aliphatic heterocycles. The maximum absolute atomic E-state index is 13.8. The van der Waals surface area contributed by atoms with Crippen molar-refractivity contribution in [2.45, 2.75) is 19.8 Å². The Morgan fingerprint density at radius 3 is 2.72 bits per heavy atom. The molecule has 2 aromatic carbocycles. The Balaban J connectivity index is 1.73. The molecule has 0 atom stereocenters. The number of nitrogens with one attached hydrogen (secondary N) is 1. The van der Waals surface area contributed by atoms with Gasteiger partial charge in [0.1, 0.15) is 11.5 Å². The van der Waals surface area contributed by atoms with Crippen molar-refractivity contribution in [2.24, 2.45) is 4.99 Å². The Morgan fingerprint density at radius 1 is 1.20 bits per heavy atom. The summed E-state index contributed by atoms with van der Waals surface area (Å²) in [6.07, 6.45) is 3.01. The fraction of sp³-hybridized carbons (Fsp3) is 0.200. The van der Waals surface area contributed by atoms with E-state index in [9.17, 15) is 9.18 Å². The predicted octanol–water partition coefficient (Wildman–Crippen LogP) is 3.64. The van der Waals surface area contributed by atoms with Crippen molar-refractivity contribution >= 4 is 17.8 Å². The summed E-state index contributed by atoms with van der Waals surface area (Å²) >= 11 is 0. The molecule has 5 heteroatoms. The number of methoxy groups -OCH3 is 1. The minimum absolute atomic E-state index is 0.167. The van der Waals surface area contributed by atoms with Crippen LogP contribution in [-0.2, 0) is 11.2 Å².